The number of ether oxygens (including phenoxy) is 3. The van der Waals surface area contributed by atoms with Crippen molar-refractivity contribution in [3.8, 4) is 0 Å². The second kappa shape index (κ2) is 8.27. The molecule has 5 rings (SSSR count). The summed E-state index contributed by atoms with van der Waals surface area (Å²) in [5.41, 5.74) is -12.7. The van der Waals surface area contributed by atoms with Crippen LogP contribution in [0.3, 0.4) is 0 Å². The van der Waals surface area contributed by atoms with Crippen molar-refractivity contribution in [3.63, 3.8) is 0 Å². The minimum absolute atomic E-state index is 0.216. The van der Waals surface area contributed by atoms with E-state index in [9.17, 15) is 65.9 Å². The van der Waals surface area contributed by atoms with E-state index in [1.165, 1.54) is 0 Å². The molecule has 1 spiro atoms. The maximum Gasteiger partial charge on any atom is 0.438 e. The Hall–Kier alpha value is -1.54. The summed E-state index contributed by atoms with van der Waals surface area (Å²) in [6.45, 7) is -2.02. The molecule has 2 unspecified atom stereocenters. The van der Waals surface area contributed by atoms with Gasteiger partial charge in [-0.2, -0.15) is 61.1 Å². The molecule has 4 aliphatic carbocycles. The van der Waals surface area contributed by atoms with Crippen molar-refractivity contribution in [3.05, 3.63) is 0 Å². The molecule has 0 aromatic rings. The molecule has 1 N–H and O–H groups in total. The van der Waals surface area contributed by atoms with Crippen LogP contribution in [0.15, 0.2) is 0 Å². The molecule has 39 heavy (non-hydrogen) atoms. The smallest absolute Gasteiger partial charge is 0.438 e. The molecule has 1 heterocycles. The van der Waals surface area contributed by atoms with Crippen LogP contribution in [0.1, 0.15) is 32.1 Å². The van der Waals surface area contributed by atoms with Gasteiger partial charge in [0.05, 0.1) is 12.0 Å². The third kappa shape index (κ3) is 4.38. The zero-order valence-electron chi connectivity index (χ0n) is 19.0. The Morgan fingerprint density at radius 3 is 1.67 bits per heavy atom. The van der Waals surface area contributed by atoms with Gasteiger partial charge in [0.25, 0.3) is 15.7 Å². The van der Waals surface area contributed by atoms with Crippen molar-refractivity contribution in [2.24, 2.45) is 23.2 Å². The van der Waals surface area contributed by atoms with Crippen molar-refractivity contribution in [2.75, 3.05) is 12.4 Å². The van der Waals surface area contributed by atoms with Gasteiger partial charge in [-0.05, 0) is 38.0 Å². The summed E-state index contributed by atoms with van der Waals surface area (Å²) in [4.78, 5) is 13.0. The topological polar surface area (TPSA) is 99.1 Å². The van der Waals surface area contributed by atoms with Crippen molar-refractivity contribution < 1.29 is 84.7 Å². The van der Waals surface area contributed by atoms with E-state index in [0.717, 1.165) is 0 Å². The van der Waals surface area contributed by atoms with Crippen LogP contribution in [0.5, 0.6) is 0 Å². The number of halogens is 12. The molecule has 2 atom stereocenters. The first-order valence-electron chi connectivity index (χ1n) is 11.0. The summed E-state index contributed by atoms with van der Waals surface area (Å²) in [5, 5.41) is 0. The van der Waals surface area contributed by atoms with Gasteiger partial charge < -0.3 is 14.2 Å². The van der Waals surface area contributed by atoms with Gasteiger partial charge in [0.2, 0.25) is 0 Å². The summed E-state index contributed by atoms with van der Waals surface area (Å²) >= 11 is 0. The number of esters is 1. The van der Waals surface area contributed by atoms with E-state index in [4.69, 9.17) is 9.29 Å². The molecule has 1 aliphatic heterocycles. The zero-order chi connectivity index (χ0) is 29.9. The Morgan fingerprint density at radius 1 is 0.846 bits per heavy atom. The number of hydrogen-bond acceptors (Lipinski definition) is 6. The van der Waals surface area contributed by atoms with Crippen LogP contribution in [-0.4, -0.2) is 73.0 Å². The van der Waals surface area contributed by atoms with Crippen LogP contribution in [-0.2, 0) is 29.1 Å². The highest BCUT2D eigenvalue weighted by molar-refractivity contribution is 7.85. The lowest BCUT2D eigenvalue weighted by atomic mass is 9.47. The highest BCUT2D eigenvalue weighted by Crippen LogP contribution is 2.69. The number of alkyl halides is 12. The van der Waals surface area contributed by atoms with Crippen LogP contribution in [0.2, 0.25) is 0 Å². The first kappa shape index (κ1) is 30.4. The summed E-state index contributed by atoms with van der Waals surface area (Å²) in [5.74, 6) is -11.7. The molecule has 0 aromatic heterocycles. The Labute approximate surface area is 210 Å². The summed E-state index contributed by atoms with van der Waals surface area (Å²) in [7, 11) is -6.08. The lowest BCUT2D eigenvalue weighted by molar-refractivity contribution is -0.404. The second-order valence-electron chi connectivity index (χ2n) is 10.5. The lowest BCUT2D eigenvalue weighted by Crippen LogP contribution is -2.68. The number of carbonyl (C=O) groups excluding carboxylic acids is 1. The molecular formula is C19H18F12O7S. The minimum atomic E-state index is -6.61. The van der Waals surface area contributed by atoms with Gasteiger partial charge in [0.1, 0.15) is 5.75 Å². The van der Waals surface area contributed by atoms with Crippen LogP contribution in [0.25, 0.3) is 0 Å². The van der Waals surface area contributed by atoms with Crippen molar-refractivity contribution >= 4 is 16.1 Å². The van der Waals surface area contributed by atoms with E-state index in [1.54, 1.807) is 0 Å². The molecule has 0 aromatic carbocycles. The number of carbonyl (C=O) groups is 1. The van der Waals surface area contributed by atoms with Gasteiger partial charge in [0, 0.05) is 11.8 Å². The average molecular weight is 618 g/mol. The Morgan fingerprint density at radius 2 is 1.31 bits per heavy atom. The Balaban J connectivity index is 1.70. The Bertz CT molecular complexity index is 1080. The van der Waals surface area contributed by atoms with Crippen molar-refractivity contribution in [2.45, 2.75) is 73.8 Å². The highest BCUT2D eigenvalue weighted by Gasteiger charge is 2.82. The molecule has 4 saturated carbocycles. The van der Waals surface area contributed by atoms with E-state index < -0.39 is 113 Å². The molecule has 7 nitrogen and oxygen atoms in total. The SMILES string of the molecule is O=C(OC(CS(=O)(=O)O)(C(F)(F)F)C(F)(F)F)C12CC3CC(C1)C1(OCC(C(F)(F)F)(C(F)(F)F)O1)C(C3)C2. The maximum absolute atomic E-state index is 13.7. The zero-order valence-corrected chi connectivity index (χ0v) is 19.8. The monoisotopic (exact) mass is 618 g/mol. The molecule has 5 fully saturated rings. The second-order valence-corrected chi connectivity index (χ2v) is 11.9. The number of rotatable bonds is 4. The van der Waals surface area contributed by atoms with Gasteiger partial charge in [-0.25, -0.2) is 0 Å². The fourth-order valence-electron chi connectivity index (χ4n) is 6.56. The third-order valence-electron chi connectivity index (χ3n) is 8.08. The fourth-order valence-corrected chi connectivity index (χ4v) is 7.46. The van der Waals surface area contributed by atoms with Crippen molar-refractivity contribution in [1.82, 2.24) is 0 Å². The van der Waals surface area contributed by atoms with Gasteiger partial charge in [-0.3, -0.25) is 9.35 Å². The van der Waals surface area contributed by atoms with E-state index in [-0.39, 0.29) is 12.8 Å². The molecule has 4 bridgehead atoms. The van der Waals surface area contributed by atoms with Crippen molar-refractivity contribution in [1.29, 1.82) is 0 Å². The van der Waals surface area contributed by atoms with E-state index >= 15 is 0 Å². The molecule has 0 amide bonds. The van der Waals surface area contributed by atoms with Gasteiger partial charge >= 0.3 is 36.3 Å². The largest absolute Gasteiger partial charge is 0.438 e. The first-order valence-corrected chi connectivity index (χ1v) is 12.6. The van der Waals surface area contributed by atoms with Crippen LogP contribution < -0.4 is 0 Å². The normalized spacial score (nSPS) is 35.1. The highest BCUT2D eigenvalue weighted by atomic mass is 32.2. The minimum Gasteiger partial charge on any atom is -0.438 e. The van der Waals surface area contributed by atoms with Gasteiger partial charge in [-0.1, -0.05) is 0 Å². The fraction of sp³-hybridized carbons (Fsp3) is 0.947. The Kier molecular flexibility index (Phi) is 6.45. The maximum atomic E-state index is 13.7. The molecule has 1 saturated heterocycles. The predicted molar refractivity (Wildman–Crippen MR) is 97.9 cm³/mol. The summed E-state index contributed by atoms with van der Waals surface area (Å²) in [6, 6.07) is 0. The van der Waals surface area contributed by atoms with Gasteiger partial charge in [-0.15, -0.1) is 0 Å². The van der Waals surface area contributed by atoms with Crippen LogP contribution in [0.4, 0.5) is 52.7 Å². The third-order valence-corrected chi connectivity index (χ3v) is 8.85. The molecule has 20 heteroatoms. The summed E-state index contributed by atoms with van der Waals surface area (Å²) < 4.78 is 208. The predicted octanol–water partition coefficient (Wildman–Crippen LogP) is 4.71. The van der Waals surface area contributed by atoms with Gasteiger partial charge in [0.15, 0.2) is 5.79 Å². The molecule has 226 valence electrons. The quantitative estimate of drug-likeness (QED) is 0.277. The number of hydrogen-bond donors (Lipinski definition) is 1. The lowest BCUT2D eigenvalue weighted by Gasteiger charge is -2.62. The molecule has 5 aliphatic rings. The molecular weight excluding hydrogens is 600 g/mol. The van der Waals surface area contributed by atoms with Crippen LogP contribution in [0, 0.1) is 23.2 Å². The summed E-state index contributed by atoms with van der Waals surface area (Å²) in [6.07, 6.45) is -27.9. The van der Waals surface area contributed by atoms with E-state index in [2.05, 4.69) is 9.47 Å². The molecule has 0 radical (unpaired) electrons. The van der Waals surface area contributed by atoms with E-state index in [0.29, 0.717) is 0 Å². The van der Waals surface area contributed by atoms with Crippen LogP contribution >= 0.6 is 0 Å². The average Bonchev–Trinajstić information content (AvgIpc) is 3.12. The van der Waals surface area contributed by atoms with E-state index in [1.807, 2.05) is 0 Å². The first-order chi connectivity index (χ1) is 17.2. The standard InChI is InChI=1S/C19H18F12O7S/c20-16(21,22)13(17(23,24)25)6-36-15(38-13)9-1-8-2-10(15)5-12(3-8,4-9)11(32)37-14(18(26,27)28,19(29,30)31)7-39(33,34)35/h8-10H,1-7H2,(H,33,34,35).